The van der Waals surface area contributed by atoms with E-state index in [9.17, 15) is 19.5 Å². The van der Waals surface area contributed by atoms with Gasteiger partial charge in [-0.05, 0) is 28.2 Å². The Labute approximate surface area is 176 Å². The third-order valence-electron chi connectivity index (χ3n) is 5.52. The van der Waals surface area contributed by atoms with E-state index in [1.54, 1.807) is 20.8 Å². The number of carboxylic acid groups (broad SMARTS) is 1. The Bertz CT molecular complexity index is 907. The lowest BCUT2D eigenvalue weighted by molar-refractivity contribution is -0.147. The molecule has 2 aromatic carbocycles. The summed E-state index contributed by atoms with van der Waals surface area (Å²) in [5.74, 6) is -3.01. The van der Waals surface area contributed by atoms with Crippen molar-refractivity contribution >= 4 is 17.8 Å². The second-order valence-corrected chi connectivity index (χ2v) is 8.08. The molecule has 0 fully saturated rings. The molecule has 1 aliphatic carbocycles. The Kier molecular flexibility index (Phi) is 6.55. The van der Waals surface area contributed by atoms with Crippen LogP contribution in [0.1, 0.15) is 44.2 Å². The Morgan fingerprint density at radius 3 is 2.00 bits per heavy atom. The molecule has 0 saturated heterocycles. The van der Waals surface area contributed by atoms with Gasteiger partial charge in [0.1, 0.15) is 12.6 Å². The average molecular weight is 409 g/mol. The zero-order valence-electron chi connectivity index (χ0n) is 17.4. The van der Waals surface area contributed by atoms with E-state index in [1.807, 2.05) is 36.4 Å². The van der Waals surface area contributed by atoms with Crippen LogP contribution in [0.2, 0.25) is 0 Å². The van der Waals surface area contributed by atoms with Crippen LogP contribution < -0.4 is 5.32 Å². The first-order valence-electron chi connectivity index (χ1n) is 10.2. The summed E-state index contributed by atoms with van der Waals surface area (Å²) in [4.78, 5) is 35.9. The molecule has 2 atom stereocenters. The Morgan fingerprint density at radius 1 is 0.967 bits per heavy atom. The van der Waals surface area contributed by atoms with E-state index in [0.717, 1.165) is 22.3 Å². The van der Waals surface area contributed by atoms with Gasteiger partial charge in [-0.1, -0.05) is 69.3 Å². The third kappa shape index (κ3) is 4.53. The number of amides is 1. The van der Waals surface area contributed by atoms with Crippen molar-refractivity contribution in [1.29, 1.82) is 0 Å². The van der Waals surface area contributed by atoms with Crippen LogP contribution in [-0.2, 0) is 19.1 Å². The molecule has 30 heavy (non-hydrogen) atoms. The van der Waals surface area contributed by atoms with Gasteiger partial charge in [0.05, 0.1) is 6.42 Å². The number of hydrogen-bond donors (Lipinski definition) is 2. The van der Waals surface area contributed by atoms with Gasteiger partial charge in [0.25, 0.3) is 0 Å². The molecule has 2 N–H and O–H groups in total. The number of benzene rings is 2. The van der Waals surface area contributed by atoms with Gasteiger partial charge in [-0.15, -0.1) is 0 Å². The van der Waals surface area contributed by atoms with Gasteiger partial charge in [0.2, 0.25) is 5.91 Å². The van der Waals surface area contributed by atoms with Gasteiger partial charge >= 0.3 is 11.9 Å². The molecule has 158 valence electrons. The minimum Gasteiger partial charge on any atom is -0.480 e. The predicted octanol–water partition coefficient (Wildman–Crippen LogP) is 3.59. The minimum atomic E-state index is -1.09. The van der Waals surface area contributed by atoms with Crippen molar-refractivity contribution in [2.45, 2.75) is 39.2 Å². The summed E-state index contributed by atoms with van der Waals surface area (Å²) in [5, 5.41) is 11.7. The summed E-state index contributed by atoms with van der Waals surface area (Å²) >= 11 is 0. The molecule has 6 nitrogen and oxygen atoms in total. The first-order valence-corrected chi connectivity index (χ1v) is 10.2. The largest absolute Gasteiger partial charge is 0.480 e. The molecule has 0 spiro atoms. The van der Waals surface area contributed by atoms with Gasteiger partial charge in [0.15, 0.2) is 0 Å². The molecule has 0 aromatic heterocycles. The van der Waals surface area contributed by atoms with E-state index < -0.39 is 29.8 Å². The normalized spacial score (nSPS) is 14.5. The molecule has 0 radical (unpaired) electrons. The highest BCUT2D eigenvalue weighted by molar-refractivity contribution is 5.87. The monoisotopic (exact) mass is 409 g/mol. The smallest absolute Gasteiger partial charge is 0.326 e. The highest BCUT2D eigenvalue weighted by atomic mass is 16.5. The minimum absolute atomic E-state index is 0.0391. The molecule has 6 heteroatoms. The zero-order valence-corrected chi connectivity index (χ0v) is 17.4. The number of fused-ring (bicyclic) bond motifs is 3. The van der Waals surface area contributed by atoms with Crippen LogP contribution in [0.3, 0.4) is 0 Å². The van der Waals surface area contributed by atoms with Crippen LogP contribution in [0.4, 0.5) is 0 Å². The van der Waals surface area contributed by atoms with Crippen LogP contribution in [0, 0.1) is 11.8 Å². The third-order valence-corrected chi connectivity index (χ3v) is 5.52. The molecule has 3 rings (SSSR count). The predicted molar refractivity (Wildman–Crippen MR) is 113 cm³/mol. The molecule has 0 saturated carbocycles. The summed E-state index contributed by atoms with van der Waals surface area (Å²) in [5.41, 5.74) is 4.54. The maximum Gasteiger partial charge on any atom is 0.326 e. The molecule has 1 aliphatic rings. The number of aliphatic carboxylic acids is 1. The van der Waals surface area contributed by atoms with E-state index in [1.165, 1.54) is 0 Å². The second kappa shape index (κ2) is 9.11. The van der Waals surface area contributed by atoms with Crippen molar-refractivity contribution < 1.29 is 24.2 Å². The molecule has 0 unspecified atom stereocenters. The van der Waals surface area contributed by atoms with E-state index >= 15 is 0 Å². The molecule has 0 heterocycles. The van der Waals surface area contributed by atoms with Crippen molar-refractivity contribution in [2.75, 3.05) is 6.61 Å². The van der Waals surface area contributed by atoms with Gasteiger partial charge in [-0.25, -0.2) is 4.79 Å². The highest BCUT2D eigenvalue weighted by Gasteiger charge is 2.30. The fourth-order valence-electron chi connectivity index (χ4n) is 3.83. The topological polar surface area (TPSA) is 92.7 Å². The first kappa shape index (κ1) is 21.6. The number of hydrogen-bond acceptors (Lipinski definition) is 4. The van der Waals surface area contributed by atoms with Crippen molar-refractivity contribution in [3.8, 4) is 11.1 Å². The van der Waals surface area contributed by atoms with E-state index in [-0.39, 0.29) is 24.9 Å². The van der Waals surface area contributed by atoms with Gasteiger partial charge in [0, 0.05) is 11.8 Å². The Balaban J connectivity index is 1.60. The summed E-state index contributed by atoms with van der Waals surface area (Å²) in [6.07, 6.45) is -0.105. The number of esters is 1. The summed E-state index contributed by atoms with van der Waals surface area (Å²) in [7, 11) is 0. The fourth-order valence-corrected chi connectivity index (χ4v) is 3.83. The first-order chi connectivity index (χ1) is 14.3. The number of carboxylic acids is 1. The van der Waals surface area contributed by atoms with E-state index in [4.69, 9.17) is 4.74 Å². The SMILES string of the molecule is CC(C)[C@H](NC(=O)[C@H](C)CC(=O)OCC1c2ccccc2-c2ccccc21)C(=O)O. The van der Waals surface area contributed by atoms with Gasteiger partial charge < -0.3 is 15.2 Å². The van der Waals surface area contributed by atoms with Crippen molar-refractivity contribution in [1.82, 2.24) is 5.32 Å². The Morgan fingerprint density at radius 2 is 1.50 bits per heavy atom. The number of nitrogens with one attached hydrogen (secondary N) is 1. The summed E-state index contributed by atoms with van der Waals surface area (Å²) in [6.45, 7) is 5.23. The lowest BCUT2D eigenvalue weighted by Gasteiger charge is -2.20. The number of ether oxygens (including phenoxy) is 1. The standard InChI is InChI=1S/C24H27NO5/c1-14(2)22(24(28)29)25-23(27)15(3)12-21(26)30-13-20-18-10-6-4-8-16(18)17-9-5-7-11-19(17)20/h4-11,14-15,20,22H,12-13H2,1-3H3,(H,25,27)(H,28,29)/t15-,22+/m1/s1. The van der Waals surface area contributed by atoms with Crippen LogP contribution in [0.15, 0.2) is 48.5 Å². The molecular weight excluding hydrogens is 382 g/mol. The molecule has 0 bridgehead atoms. The quantitative estimate of drug-likeness (QED) is 0.650. The van der Waals surface area contributed by atoms with Crippen LogP contribution in [-0.4, -0.2) is 35.6 Å². The van der Waals surface area contributed by atoms with Gasteiger partial charge in [-0.3, -0.25) is 9.59 Å². The fraction of sp³-hybridized carbons (Fsp3) is 0.375. The maximum absolute atomic E-state index is 12.4. The van der Waals surface area contributed by atoms with Crippen molar-refractivity contribution in [2.24, 2.45) is 11.8 Å². The Hall–Kier alpha value is -3.15. The van der Waals surface area contributed by atoms with Crippen LogP contribution in [0.5, 0.6) is 0 Å². The van der Waals surface area contributed by atoms with E-state index in [2.05, 4.69) is 17.4 Å². The second-order valence-electron chi connectivity index (χ2n) is 8.08. The van der Waals surface area contributed by atoms with Crippen LogP contribution in [0.25, 0.3) is 11.1 Å². The van der Waals surface area contributed by atoms with Gasteiger partial charge in [-0.2, -0.15) is 0 Å². The molecule has 0 aliphatic heterocycles. The lowest BCUT2D eigenvalue weighted by Crippen LogP contribution is -2.46. The number of carbonyl (C=O) groups excluding carboxylic acids is 2. The summed E-state index contributed by atoms with van der Waals surface area (Å²) < 4.78 is 5.53. The van der Waals surface area contributed by atoms with Crippen molar-refractivity contribution in [3.63, 3.8) is 0 Å². The van der Waals surface area contributed by atoms with Crippen molar-refractivity contribution in [3.05, 3.63) is 59.7 Å². The molecule has 1 amide bonds. The lowest BCUT2D eigenvalue weighted by atomic mass is 9.98. The average Bonchev–Trinajstić information content (AvgIpc) is 3.03. The number of carbonyl (C=O) groups is 3. The number of rotatable bonds is 8. The maximum atomic E-state index is 12.4. The molecular formula is C24H27NO5. The zero-order chi connectivity index (χ0) is 21.8. The summed E-state index contributed by atoms with van der Waals surface area (Å²) in [6, 6.07) is 15.2. The highest BCUT2D eigenvalue weighted by Crippen LogP contribution is 2.44. The van der Waals surface area contributed by atoms with Crippen LogP contribution >= 0.6 is 0 Å². The van der Waals surface area contributed by atoms with E-state index in [0.29, 0.717) is 0 Å². The molecule has 2 aromatic rings.